The lowest BCUT2D eigenvalue weighted by Gasteiger charge is -2.20. The molecule has 3 aromatic carbocycles. The van der Waals surface area contributed by atoms with Crippen LogP contribution in [0.4, 0.5) is 10.1 Å². The predicted molar refractivity (Wildman–Crippen MR) is 116 cm³/mol. The molecule has 146 valence electrons. The van der Waals surface area contributed by atoms with Gasteiger partial charge in [-0.1, -0.05) is 41.4 Å². The number of benzene rings is 3. The number of hydrogen-bond acceptors (Lipinski definition) is 2. The van der Waals surface area contributed by atoms with Gasteiger partial charge in [-0.3, -0.25) is 9.79 Å². The first-order valence-corrected chi connectivity index (χ1v) is 9.77. The number of hydrogen-bond donors (Lipinski definition) is 0. The summed E-state index contributed by atoms with van der Waals surface area (Å²) in [6, 6.07) is 19.0. The molecule has 0 saturated carbocycles. The minimum absolute atomic E-state index is 0.0906. The monoisotopic (exact) mass is 406 g/mol. The van der Waals surface area contributed by atoms with Gasteiger partial charge in [0.1, 0.15) is 11.9 Å². The van der Waals surface area contributed by atoms with Gasteiger partial charge in [0.2, 0.25) is 0 Å². The lowest BCUT2D eigenvalue weighted by atomic mass is 10.00. The van der Waals surface area contributed by atoms with E-state index in [1.165, 1.54) is 12.1 Å². The summed E-state index contributed by atoms with van der Waals surface area (Å²) in [5.41, 5.74) is 5.05. The minimum atomic E-state index is -0.590. The van der Waals surface area contributed by atoms with Gasteiger partial charge in [0.25, 0.3) is 5.91 Å². The largest absolute Gasteiger partial charge is 0.313 e. The van der Waals surface area contributed by atoms with Gasteiger partial charge >= 0.3 is 0 Å². The van der Waals surface area contributed by atoms with Crippen LogP contribution in [0.2, 0.25) is 5.02 Å². The first-order valence-electron chi connectivity index (χ1n) is 9.39. The van der Waals surface area contributed by atoms with Crippen LogP contribution >= 0.6 is 11.6 Å². The van der Waals surface area contributed by atoms with E-state index < -0.39 is 6.04 Å². The molecule has 0 aliphatic carbocycles. The van der Waals surface area contributed by atoms with Gasteiger partial charge < -0.3 is 4.90 Å². The molecule has 4 rings (SSSR count). The zero-order chi connectivity index (χ0) is 20.5. The van der Waals surface area contributed by atoms with Crippen LogP contribution in [0.25, 0.3) is 0 Å². The molecule has 5 heteroatoms. The summed E-state index contributed by atoms with van der Waals surface area (Å²) in [6.07, 6.45) is 0.483. The number of nitrogens with zero attached hydrogens (tertiary/aromatic N) is 2. The SMILES string of the molecule is Cc1cccc(CC2N=C(c3ccc(F)cc3)c3cc(Cl)ccc3N(C)C2=O)c1. The third kappa shape index (κ3) is 3.94. The molecule has 0 spiro atoms. The Labute approximate surface area is 174 Å². The molecule has 0 fully saturated rings. The highest BCUT2D eigenvalue weighted by atomic mass is 35.5. The van der Waals surface area contributed by atoms with Crippen LogP contribution in [0.15, 0.2) is 71.7 Å². The van der Waals surface area contributed by atoms with Crippen LogP contribution in [0, 0.1) is 12.7 Å². The van der Waals surface area contributed by atoms with E-state index in [1.54, 1.807) is 36.2 Å². The molecule has 0 aromatic heterocycles. The molecule has 1 unspecified atom stereocenters. The van der Waals surface area contributed by atoms with Crippen LogP contribution in [0.5, 0.6) is 0 Å². The lowest BCUT2D eigenvalue weighted by molar-refractivity contribution is -0.119. The van der Waals surface area contributed by atoms with Crippen molar-refractivity contribution in [2.45, 2.75) is 19.4 Å². The van der Waals surface area contributed by atoms with Crippen LogP contribution in [-0.4, -0.2) is 24.7 Å². The highest BCUT2D eigenvalue weighted by Crippen LogP contribution is 2.31. The number of rotatable bonds is 3. The van der Waals surface area contributed by atoms with Crippen molar-refractivity contribution in [3.8, 4) is 0 Å². The zero-order valence-corrected chi connectivity index (χ0v) is 16.9. The molecule has 1 amide bonds. The average molecular weight is 407 g/mol. The topological polar surface area (TPSA) is 32.7 Å². The average Bonchev–Trinajstić information content (AvgIpc) is 2.79. The number of likely N-dealkylation sites (N-methyl/N-ethyl adjacent to an activating group) is 1. The summed E-state index contributed by atoms with van der Waals surface area (Å²) in [7, 11) is 1.75. The highest BCUT2D eigenvalue weighted by Gasteiger charge is 2.30. The maximum absolute atomic E-state index is 13.5. The van der Waals surface area contributed by atoms with E-state index in [-0.39, 0.29) is 11.7 Å². The number of aryl methyl sites for hydroxylation is 1. The Balaban J connectivity index is 1.86. The number of carbonyl (C=O) groups excluding carboxylic acids is 1. The van der Waals surface area contributed by atoms with E-state index in [0.717, 1.165) is 27.9 Å². The first kappa shape index (κ1) is 19.3. The third-order valence-electron chi connectivity index (χ3n) is 5.10. The molecule has 3 nitrogen and oxygen atoms in total. The van der Waals surface area contributed by atoms with E-state index in [2.05, 4.69) is 6.07 Å². The Morgan fingerprint density at radius 2 is 1.83 bits per heavy atom. The highest BCUT2D eigenvalue weighted by molar-refractivity contribution is 6.32. The molecule has 0 N–H and O–H groups in total. The Kier molecular flexibility index (Phi) is 5.20. The van der Waals surface area contributed by atoms with E-state index in [0.29, 0.717) is 17.2 Å². The Morgan fingerprint density at radius 1 is 1.07 bits per heavy atom. The Morgan fingerprint density at radius 3 is 2.55 bits per heavy atom. The molecule has 0 saturated heterocycles. The van der Waals surface area contributed by atoms with Crippen molar-refractivity contribution in [2.75, 3.05) is 11.9 Å². The van der Waals surface area contributed by atoms with Gasteiger partial charge in [-0.05, 0) is 55.0 Å². The van der Waals surface area contributed by atoms with E-state index in [1.807, 2.05) is 31.2 Å². The number of amides is 1. The van der Waals surface area contributed by atoms with Crippen molar-refractivity contribution in [1.82, 2.24) is 0 Å². The van der Waals surface area contributed by atoms with Gasteiger partial charge in [-0.25, -0.2) is 4.39 Å². The quantitative estimate of drug-likeness (QED) is 0.587. The smallest absolute Gasteiger partial charge is 0.251 e. The van der Waals surface area contributed by atoms with Gasteiger partial charge in [-0.2, -0.15) is 0 Å². The number of carbonyl (C=O) groups is 1. The second-order valence-corrected chi connectivity index (χ2v) is 7.69. The molecule has 1 aliphatic rings. The maximum Gasteiger partial charge on any atom is 0.251 e. The van der Waals surface area contributed by atoms with Crippen LogP contribution in [-0.2, 0) is 11.2 Å². The second-order valence-electron chi connectivity index (χ2n) is 7.25. The number of halogens is 2. The van der Waals surface area contributed by atoms with Crippen molar-refractivity contribution in [3.05, 3.63) is 99.8 Å². The van der Waals surface area contributed by atoms with Crippen molar-refractivity contribution in [2.24, 2.45) is 4.99 Å². The van der Waals surface area contributed by atoms with Gasteiger partial charge in [0.15, 0.2) is 0 Å². The van der Waals surface area contributed by atoms with Gasteiger partial charge in [0, 0.05) is 29.6 Å². The van der Waals surface area contributed by atoms with E-state index >= 15 is 0 Å². The van der Waals surface area contributed by atoms with Crippen LogP contribution < -0.4 is 4.90 Å². The normalized spacial score (nSPS) is 16.3. The molecule has 1 atom stereocenters. The summed E-state index contributed by atoms with van der Waals surface area (Å²) in [4.78, 5) is 19.7. The van der Waals surface area contributed by atoms with Crippen LogP contribution in [0.3, 0.4) is 0 Å². The molecule has 29 heavy (non-hydrogen) atoms. The molecular formula is C24H20ClFN2O. The summed E-state index contributed by atoms with van der Waals surface area (Å²) in [5, 5.41) is 0.552. The lowest BCUT2D eigenvalue weighted by Crippen LogP contribution is -2.36. The van der Waals surface area contributed by atoms with Crippen molar-refractivity contribution in [1.29, 1.82) is 0 Å². The van der Waals surface area contributed by atoms with E-state index in [9.17, 15) is 9.18 Å². The minimum Gasteiger partial charge on any atom is -0.313 e. The third-order valence-corrected chi connectivity index (χ3v) is 5.34. The van der Waals surface area contributed by atoms with Crippen molar-refractivity contribution >= 4 is 28.9 Å². The summed E-state index contributed by atoms with van der Waals surface area (Å²) >= 11 is 6.26. The molecule has 1 heterocycles. The molecule has 0 radical (unpaired) electrons. The molecule has 0 bridgehead atoms. The maximum atomic E-state index is 13.5. The fourth-order valence-corrected chi connectivity index (χ4v) is 3.82. The molecule has 3 aromatic rings. The van der Waals surface area contributed by atoms with Crippen LogP contribution in [0.1, 0.15) is 22.3 Å². The molecule has 1 aliphatic heterocycles. The van der Waals surface area contributed by atoms with Gasteiger partial charge in [-0.15, -0.1) is 0 Å². The summed E-state index contributed by atoms with van der Waals surface area (Å²) in [5.74, 6) is -0.411. The standard InChI is InChI=1S/C24H20ClFN2O/c1-15-4-3-5-16(12-15)13-21-24(29)28(2)22-11-8-18(25)14-20(22)23(27-21)17-6-9-19(26)10-7-17/h3-12,14,21H,13H2,1-2H3. The zero-order valence-electron chi connectivity index (χ0n) is 16.2. The van der Waals surface area contributed by atoms with Crippen molar-refractivity contribution in [3.63, 3.8) is 0 Å². The molecular weight excluding hydrogens is 387 g/mol. The Hall–Kier alpha value is -2.98. The number of anilines is 1. The first-order chi connectivity index (χ1) is 13.9. The van der Waals surface area contributed by atoms with Gasteiger partial charge in [0.05, 0.1) is 11.4 Å². The fourth-order valence-electron chi connectivity index (χ4n) is 3.65. The summed E-state index contributed by atoms with van der Waals surface area (Å²) in [6.45, 7) is 2.02. The number of benzodiazepines with no additional fused rings is 1. The summed E-state index contributed by atoms with van der Waals surface area (Å²) < 4.78 is 13.5. The predicted octanol–water partition coefficient (Wildman–Crippen LogP) is 5.21. The second kappa shape index (κ2) is 7.80. The van der Waals surface area contributed by atoms with Crippen molar-refractivity contribution < 1.29 is 9.18 Å². The fraction of sp³-hybridized carbons (Fsp3) is 0.167. The Bertz CT molecular complexity index is 1110. The van der Waals surface area contributed by atoms with E-state index in [4.69, 9.17) is 16.6 Å². The number of fused-ring (bicyclic) bond motifs is 1. The number of aliphatic imine (C=N–C) groups is 1.